The van der Waals surface area contributed by atoms with E-state index in [1.807, 2.05) is 30.3 Å². The average molecular weight is 531 g/mol. The second-order valence-electron chi connectivity index (χ2n) is 11.3. The minimum absolute atomic E-state index is 0.0648. The molecule has 2 aliphatic heterocycles. The summed E-state index contributed by atoms with van der Waals surface area (Å²) < 4.78 is 5.23. The number of H-pyrrole nitrogens is 1. The third-order valence-corrected chi connectivity index (χ3v) is 8.99. The summed E-state index contributed by atoms with van der Waals surface area (Å²) in [6, 6.07) is 18.3. The summed E-state index contributed by atoms with van der Waals surface area (Å²) in [5.74, 6) is 0.111. The summed E-state index contributed by atoms with van der Waals surface area (Å²) in [4.78, 5) is 31.6. The molecule has 206 valence electrons. The van der Waals surface area contributed by atoms with Gasteiger partial charge in [0.05, 0.1) is 18.1 Å². The summed E-state index contributed by atoms with van der Waals surface area (Å²) in [6.45, 7) is 3.11. The maximum Gasteiger partial charge on any atom is 0.407 e. The molecule has 0 bridgehead atoms. The summed E-state index contributed by atoms with van der Waals surface area (Å²) in [5.41, 5.74) is 4.83. The molecule has 2 aromatic carbocycles. The lowest BCUT2D eigenvalue weighted by Crippen LogP contribution is -2.55. The zero-order valence-corrected chi connectivity index (χ0v) is 22.3. The molecule has 6 rings (SSSR count). The Morgan fingerprint density at radius 1 is 1.03 bits per heavy atom. The van der Waals surface area contributed by atoms with Crippen molar-refractivity contribution in [1.82, 2.24) is 20.5 Å². The van der Waals surface area contributed by atoms with Crippen LogP contribution >= 0.6 is 0 Å². The van der Waals surface area contributed by atoms with Crippen LogP contribution in [-0.4, -0.2) is 59.3 Å². The Labute approximate surface area is 229 Å². The van der Waals surface area contributed by atoms with Gasteiger partial charge >= 0.3 is 6.09 Å². The van der Waals surface area contributed by atoms with E-state index in [0.29, 0.717) is 31.8 Å². The second-order valence-corrected chi connectivity index (χ2v) is 11.3. The molecular weight excluding hydrogens is 492 g/mol. The molecule has 5 atom stereocenters. The molecule has 8 heteroatoms. The van der Waals surface area contributed by atoms with Crippen LogP contribution in [-0.2, 0) is 22.6 Å². The number of aliphatic hydroxyl groups is 1. The van der Waals surface area contributed by atoms with Crippen LogP contribution in [0.15, 0.2) is 54.6 Å². The fraction of sp³-hybridized carbons (Fsp3) is 0.484. The summed E-state index contributed by atoms with van der Waals surface area (Å²) in [6.07, 6.45) is 3.08. The van der Waals surface area contributed by atoms with E-state index in [0.717, 1.165) is 37.9 Å². The van der Waals surface area contributed by atoms with Gasteiger partial charge in [-0.1, -0.05) is 48.5 Å². The van der Waals surface area contributed by atoms with E-state index in [9.17, 15) is 14.7 Å². The van der Waals surface area contributed by atoms with E-state index in [2.05, 4.69) is 44.8 Å². The Morgan fingerprint density at radius 3 is 2.69 bits per heavy atom. The lowest BCUT2D eigenvalue weighted by molar-refractivity contribution is -0.139. The van der Waals surface area contributed by atoms with E-state index in [-0.39, 0.29) is 24.5 Å². The SMILES string of the molecule is O=C(NCCCNC(=O)C1[C@H]2C[C@H]3c4[nH]c5ccccc5c4CCN3C[C@@H]2CC[C@@H]1O)OCc1ccccc1. The Balaban J connectivity index is 1.03. The number of aromatic nitrogens is 1. The molecule has 1 saturated heterocycles. The number of nitrogens with one attached hydrogen (secondary N) is 3. The van der Waals surface area contributed by atoms with Gasteiger partial charge in [-0.15, -0.1) is 0 Å². The third kappa shape index (κ3) is 5.40. The van der Waals surface area contributed by atoms with Crippen LogP contribution in [0.2, 0.25) is 0 Å². The van der Waals surface area contributed by atoms with E-state index in [4.69, 9.17) is 4.74 Å². The summed E-state index contributed by atoms with van der Waals surface area (Å²) in [5, 5.41) is 18.1. The first-order valence-electron chi connectivity index (χ1n) is 14.3. The quantitative estimate of drug-likeness (QED) is 0.347. The van der Waals surface area contributed by atoms with Gasteiger partial charge in [0.1, 0.15) is 6.61 Å². The Bertz CT molecular complexity index is 1310. The fourth-order valence-corrected chi connectivity index (χ4v) is 7.09. The highest BCUT2D eigenvalue weighted by molar-refractivity contribution is 5.85. The molecule has 2 fully saturated rings. The summed E-state index contributed by atoms with van der Waals surface area (Å²) in [7, 11) is 0. The number of fused-ring (bicyclic) bond motifs is 6. The van der Waals surface area contributed by atoms with Gasteiger partial charge in [-0.05, 0) is 61.1 Å². The number of amides is 2. The number of carbonyl (C=O) groups is 2. The van der Waals surface area contributed by atoms with Crippen LogP contribution in [0.1, 0.15) is 48.5 Å². The van der Waals surface area contributed by atoms with Crippen molar-refractivity contribution in [2.75, 3.05) is 26.2 Å². The molecule has 1 aliphatic carbocycles. The van der Waals surface area contributed by atoms with Gasteiger partial charge in [-0.2, -0.15) is 0 Å². The van der Waals surface area contributed by atoms with Crippen LogP contribution in [0, 0.1) is 17.8 Å². The lowest BCUT2D eigenvalue weighted by Gasteiger charge is -2.51. The van der Waals surface area contributed by atoms with Gasteiger partial charge in [0.25, 0.3) is 0 Å². The number of aromatic amines is 1. The minimum atomic E-state index is -0.616. The number of hydrogen-bond acceptors (Lipinski definition) is 5. The number of rotatable bonds is 7. The molecule has 0 radical (unpaired) electrons. The zero-order valence-electron chi connectivity index (χ0n) is 22.3. The molecule has 39 heavy (non-hydrogen) atoms. The van der Waals surface area contributed by atoms with Crippen molar-refractivity contribution in [3.05, 3.63) is 71.4 Å². The number of alkyl carbamates (subject to hydrolysis) is 1. The summed E-state index contributed by atoms with van der Waals surface area (Å²) >= 11 is 0. The van der Waals surface area contributed by atoms with Crippen molar-refractivity contribution in [2.45, 2.75) is 50.9 Å². The average Bonchev–Trinajstić information content (AvgIpc) is 3.34. The van der Waals surface area contributed by atoms with Crippen LogP contribution in [0.3, 0.4) is 0 Å². The highest BCUT2D eigenvalue weighted by Crippen LogP contribution is 2.49. The van der Waals surface area contributed by atoms with Crippen molar-refractivity contribution >= 4 is 22.9 Å². The van der Waals surface area contributed by atoms with Gasteiger partial charge in [-0.3, -0.25) is 9.69 Å². The number of aliphatic hydroxyl groups excluding tert-OH is 1. The number of ether oxygens (including phenoxy) is 1. The molecule has 3 aromatic rings. The van der Waals surface area contributed by atoms with Crippen molar-refractivity contribution in [3.63, 3.8) is 0 Å². The first-order chi connectivity index (χ1) is 19.1. The number of nitrogens with zero attached hydrogens (tertiary/aromatic N) is 1. The number of carbonyl (C=O) groups excluding carboxylic acids is 2. The van der Waals surface area contributed by atoms with Crippen LogP contribution in [0.5, 0.6) is 0 Å². The first-order valence-corrected chi connectivity index (χ1v) is 14.3. The molecule has 1 unspecified atom stereocenters. The highest BCUT2D eigenvalue weighted by Gasteiger charge is 2.49. The largest absolute Gasteiger partial charge is 0.445 e. The maximum absolute atomic E-state index is 13.4. The third-order valence-electron chi connectivity index (χ3n) is 8.99. The van der Waals surface area contributed by atoms with Gasteiger partial charge in [0, 0.05) is 42.8 Å². The molecule has 2 amide bonds. The molecule has 3 aliphatic rings. The number of para-hydroxylation sites is 1. The van der Waals surface area contributed by atoms with Crippen LogP contribution < -0.4 is 10.6 Å². The van der Waals surface area contributed by atoms with E-state index in [1.54, 1.807) is 0 Å². The molecule has 8 nitrogen and oxygen atoms in total. The second kappa shape index (κ2) is 11.4. The minimum Gasteiger partial charge on any atom is -0.445 e. The van der Waals surface area contributed by atoms with Crippen molar-refractivity contribution in [3.8, 4) is 0 Å². The predicted molar refractivity (Wildman–Crippen MR) is 149 cm³/mol. The fourth-order valence-electron chi connectivity index (χ4n) is 7.09. The number of hydrogen-bond donors (Lipinski definition) is 4. The number of benzene rings is 2. The smallest absolute Gasteiger partial charge is 0.407 e. The van der Waals surface area contributed by atoms with E-state index in [1.165, 1.54) is 22.2 Å². The topological polar surface area (TPSA) is 107 Å². The van der Waals surface area contributed by atoms with Crippen LogP contribution in [0.25, 0.3) is 10.9 Å². The van der Waals surface area contributed by atoms with E-state index >= 15 is 0 Å². The monoisotopic (exact) mass is 530 g/mol. The van der Waals surface area contributed by atoms with Crippen molar-refractivity contribution in [1.29, 1.82) is 0 Å². The number of piperidine rings is 1. The lowest BCUT2D eigenvalue weighted by atomic mass is 9.64. The first kappa shape index (κ1) is 25.9. The molecular formula is C31H38N4O4. The van der Waals surface area contributed by atoms with Crippen molar-refractivity contribution in [2.24, 2.45) is 17.8 Å². The van der Waals surface area contributed by atoms with E-state index < -0.39 is 18.1 Å². The van der Waals surface area contributed by atoms with Gasteiger partial charge in [0.15, 0.2) is 0 Å². The van der Waals surface area contributed by atoms with Gasteiger partial charge in [0.2, 0.25) is 5.91 Å². The normalized spacial score (nSPS) is 26.2. The zero-order chi connectivity index (χ0) is 26.8. The van der Waals surface area contributed by atoms with Gasteiger partial charge in [-0.25, -0.2) is 4.79 Å². The van der Waals surface area contributed by atoms with Gasteiger partial charge < -0.3 is 25.5 Å². The van der Waals surface area contributed by atoms with Crippen LogP contribution in [0.4, 0.5) is 4.79 Å². The van der Waals surface area contributed by atoms with Crippen molar-refractivity contribution < 1.29 is 19.4 Å². The molecule has 4 N–H and O–H groups in total. The highest BCUT2D eigenvalue weighted by atomic mass is 16.5. The standard InChI is InChI=1S/C31H38N4O4/c36-27-12-11-21-18-35-16-13-23-22-9-4-5-10-25(22)34-29(23)26(35)17-24(21)28(27)30(37)32-14-6-15-33-31(38)39-19-20-7-2-1-3-8-20/h1-5,7-10,21,24,26-28,34,36H,6,11-19H2,(H,32,37)(H,33,38)/t21-,24-,26-,27-,28?/m0/s1. The molecule has 1 saturated carbocycles. The molecule has 0 spiro atoms. The molecule has 1 aromatic heterocycles. The Hall–Kier alpha value is -3.36. The Kier molecular flexibility index (Phi) is 7.57. The Morgan fingerprint density at radius 2 is 1.82 bits per heavy atom. The maximum atomic E-state index is 13.4. The predicted octanol–water partition coefficient (Wildman–Crippen LogP) is 3.91. The molecule has 3 heterocycles.